The second kappa shape index (κ2) is 9.00. The van der Waals surface area contributed by atoms with E-state index in [9.17, 15) is 14.4 Å². The number of carbonyl (C=O) groups is 3. The van der Waals surface area contributed by atoms with E-state index in [2.05, 4.69) is 10.3 Å². The molecule has 0 unspecified atom stereocenters. The summed E-state index contributed by atoms with van der Waals surface area (Å²) < 4.78 is 5.71. The minimum atomic E-state index is -1.22. The maximum absolute atomic E-state index is 14.0. The zero-order valence-corrected chi connectivity index (χ0v) is 20.4. The van der Waals surface area contributed by atoms with Crippen molar-refractivity contribution in [3.05, 3.63) is 66.0 Å². The summed E-state index contributed by atoms with van der Waals surface area (Å²) in [5.41, 5.74) is 0.0291. The highest BCUT2D eigenvalue weighted by Crippen LogP contribution is 2.50. The van der Waals surface area contributed by atoms with Crippen LogP contribution in [0.5, 0.6) is 0 Å². The van der Waals surface area contributed by atoms with E-state index < -0.39 is 11.0 Å². The molecular formula is C28H32N4O4. The van der Waals surface area contributed by atoms with Gasteiger partial charge in [0.25, 0.3) is 5.91 Å². The van der Waals surface area contributed by atoms with Crippen molar-refractivity contribution in [2.45, 2.75) is 55.6 Å². The van der Waals surface area contributed by atoms with E-state index in [1.165, 1.54) is 4.90 Å². The number of urea groups is 1. The van der Waals surface area contributed by atoms with E-state index in [-0.39, 0.29) is 36.4 Å². The van der Waals surface area contributed by atoms with Crippen molar-refractivity contribution in [3.63, 3.8) is 0 Å². The highest BCUT2D eigenvalue weighted by atomic mass is 16.5. The van der Waals surface area contributed by atoms with Gasteiger partial charge in [-0.2, -0.15) is 0 Å². The molecule has 8 nitrogen and oxygen atoms in total. The lowest BCUT2D eigenvalue weighted by Gasteiger charge is -2.41. The molecule has 4 heterocycles. The molecule has 2 aromatic rings. The molecular weight excluding hydrogens is 456 g/mol. The van der Waals surface area contributed by atoms with E-state index in [1.807, 2.05) is 53.4 Å². The number of nitrogens with one attached hydrogen (secondary N) is 1. The van der Waals surface area contributed by atoms with Crippen molar-refractivity contribution < 1.29 is 19.1 Å². The van der Waals surface area contributed by atoms with E-state index >= 15 is 0 Å². The van der Waals surface area contributed by atoms with Crippen LogP contribution in [0.1, 0.15) is 49.8 Å². The summed E-state index contributed by atoms with van der Waals surface area (Å²) >= 11 is 0. The SMILES string of the molecule is O=C1N[C@@](c2ccccn2)(C2CCN(C(=O)C3(c4ccccc4)CC3)CC2)C(=O)N1C[C@@H]1CCCO1. The molecule has 3 aliphatic heterocycles. The van der Waals surface area contributed by atoms with Crippen molar-refractivity contribution in [2.75, 3.05) is 26.2 Å². The van der Waals surface area contributed by atoms with Crippen molar-refractivity contribution >= 4 is 17.8 Å². The summed E-state index contributed by atoms with van der Waals surface area (Å²) in [6, 6.07) is 15.1. The molecule has 4 aliphatic rings. The maximum Gasteiger partial charge on any atom is 0.325 e. The van der Waals surface area contributed by atoms with E-state index in [0.717, 1.165) is 31.2 Å². The number of pyridine rings is 1. The molecule has 6 rings (SSSR count). The summed E-state index contributed by atoms with van der Waals surface area (Å²) in [7, 11) is 0. The Morgan fingerprint density at radius 3 is 2.42 bits per heavy atom. The molecule has 3 saturated heterocycles. The Bertz CT molecular complexity index is 1140. The molecule has 4 amide bonds. The molecule has 2 atom stereocenters. The van der Waals surface area contributed by atoms with Gasteiger partial charge in [0, 0.05) is 31.8 Å². The van der Waals surface area contributed by atoms with Gasteiger partial charge in [-0.05, 0) is 56.2 Å². The summed E-state index contributed by atoms with van der Waals surface area (Å²) in [4.78, 5) is 48.5. The first kappa shape index (κ1) is 23.2. The lowest BCUT2D eigenvalue weighted by atomic mass is 9.74. The van der Waals surface area contributed by atoms with Gasteiger partial charge in [0.1, 0.15) is 0 Å². The van der Waals surface area contributed by atoms with Crippen LogP contribution in [0.3, 0.4) is 0 Å². The van der Waals surface area contributed by atoms with E-state index in [1.54, 1.807) is 6.20 Å². The van der Waals surface area contributed by atoms with Gasteiger partial charge in [-0.15, -0.1) is 0 Å². The average molecular weight is 489 g/mol. The zero-order valence-electron chi connectivity index (χ0n) is 20.4. The number of hydrogen-bond donors (Lipinski definition) is 1. The Morgan fingerprint density at radius 1 is 1.03 bits per heavy atom. The second-order valence-corrected chi connectivity index (χ2v) is 10.5. The maximum atomic E-state index is 14.0. The molecule has 188 valence electrons. The smallest absolute Gasteiger partial charge is 0.325 e. The van der Waals surface area contributed by atoms with Crippen molar-refractivity contribution in [2.24, 2.45) is 5.92 Å². The van der Waals surface area contributed by atoms with Crippen LogP contribution in [-0.4, -0.2) is 65.0 Å². The van der Waals surface area contributed by atoms with Gasteiger partial charge < -0.3 is 15.0 Å². The number of likely N-dealkylation sites (tertiary alicyclic amines) is 1. The third-order valence-corrected chi connectivity index (χ3v) is 8.49. The highest BCUT2D eigenvalue weighted by molar-refractivity contribution is 6.07. The van der Waals surface area contributed by atoms with Crippen LogP contribution in [0.2, 0.25) is 0 Å². The molecule has 4 fully saturated rings. The minimum absolute atomic E-state index is 0.119. The number of imide groups is 1. The van der Waals surface area contributed by atoms with Crippen molar-refractivity contribution in [1.82, 2.24) is 20.1 Å². The molecule has 0 radical (unpaired) electrons. The Labute approximate surface area is 211 Å². The van der Waals surface area contributed by atoms with Crippen LogP contribution < -0.4 is 5.32 Å². The number of nitrogens with zero attached hydrogens (tertiary/aromatic N) is 3. The zero-order chi connectivity index (χ0) is 24.8. The normalized spacial score (nSPS) is 27.8. The highest BCUT2D eigenvalue weighted by Gasteiger charge is 2.59. The van der Waals surface area contributed by atoms with Gasteiger partial charge in [-0.1, -0.05) is 36.4 Å². The summed E-state index contributed by atoms with van der Waals surface area (Å²) in [5, 5.41) is 3.06. The predicted octanol–water partition coefficient (Wildman–Crippen LogP) is 2.98. The molecule has 1 aromatic carbocycles. The Balaban J connectivity index is 1.23. The first-order valence-electron chi connectivity index (χ1n) is 13.1. The van der Waals surface area contributed by atoms with Gasteiger partial charge >= 0.3 is 6.03 Å². The van der Waals surface area contributed by atoms with Gasteiger partial charge in [-0.25, -0.2) is 4.79 Å². The fourth-order valence-electron chi connectivity index (χ4n) is 6.33. The van der Waals surface area contributed by atoms with Crippen LogP contribution in [-0.2, 0) is 25.3 Å². The summed E-state index contributed by atoms with van der Waals surface area (Å²) in [6.45, 7) is 2.04. The molecule has 1 saturated carbocycles. The Kier molecular flexibility index (Phi) is 5.79. The molecule has 1 N–H and O–H groups in total. The van der Waals surface area contributed by atoms with E-state index in [0.29, 0.717) is 38.2 Å². The number of ether oxygens (including phenoxy) is 1. The number of benzene rings is 1. The van der Waals surface area contributed by atoms with Crippen LogP contribution in [0.25, 0.3) is 0 Å². The average Bonchev–Trinajstić information content (AvgIpc) is 3.50. The quantitative estimate of drug-likeness (QED) is 0.632. The predicted molar refractivity (Wildman–Crippen MR) is 132 cm³/mol. The Hall–Kier alpha value is -3.26. The van der Waals surface area contributed by atoms with Crippen molar-refractivity contribution in [3.8, 4) is 0 Å². The summed E-state index contributed by atoms with van der Waals surface area (Å²) in [5.74, 6) is -0.232. The number of piperidine rings is 1. The van der Waals surface area contributed by atoms with Crippen LogP contribution in [0, 0.1) is 5.92 Å². The number of carbonyl (C=O) groups excluding carboxylic acids is 3. The van der Waals surface area contributed by atoms with Crippen LogP contribution >= 0.6 is 0 Å². The number of hydrogen-bond acceptors (Lipinski definition) is 5. The van der Waals surface area contributed by atoms with Crippen molar-refractivity contribution in [1.29, 1.82) is 0 Å². The Morgan fingerprint density at radius 2 is 1.78 bits per heavy atom. The fraction of sp³-hybridized carbons (Fsp3) is 0.500. The third kappa shape index (κ3) is 3.70. The minimum Gasteiger partial charge on any atom is -0.376 e. The van der Waals surface area contributed by atoms with Gasteiger partial charge in [-0.3, -0.25) is 19.5 Å². The molecule has 1 aromatic heterocycles. The monoisotopic (exact) mass is 488 g/mol. The lowest BCUT2D eigenvalue weighted by Crippen LogP contribution is -2.55. The molecule has 0 bridgehead atoms. The summed E-state index contributed by atoms with van der Waals surface area (Å²) in [6.07, 6.45) is 6.31. The number of aromatic nitrogens is 1. The second-order valence-electron chi connectivity index (χ2n) is 10.5. The standard InChI is InChI=1S/C28H32N4O4/c33-24(27(13-14-27)20-7-2-1-3-8-20)31-16-11-21(12-17-31)28(23-10-4-5-15-29-23)25(34)32(26(35)30-28)19-22-9-6-18-36-22/h1-5,7-8,10,15,21-22H,6,9,11-14,16-19H2,(H,30,35)/t22-,28+/m0/s1. The number of rotatable bonds is 6. The first-order valence-corrected chi connectivity index (χ1v) is 13.1. The first-order chi connectivity index (χ1) is 17.5. The van der Waals surface area contributed by atoms with Gasteiger partial charge in [0.05, 0.1) is 23.8 Å². The molecule has 0 spiro atoms. The fourth-order valence-corrected chi connectivity index (χ4v) is 6.33. The molecule has 36 heavy (non-hydrogen) atoms. The van der Waals surface area contributed by atoms with Crippen LogP contribution in [0.15, 0.2) is 54.7 Å². The van der Waals surface area contributed by atoms with Crippen LogP contribution in [0.4, 0.5) is 4.79 Å². The molecule has 1 aliphatic carbocycles. The van der Waals surface area contributed by atoms with Gasteiger partial charge in [0.2, 0.25) is 5.91 Å². The topological polar surface area (TPSA) is 91.8 Å². The van der Waals surface area contributed by atoms with Gasteiger partial charge in [0.15, 0.2) is 5.54 Å². The molecule has 8 heteroatoms. The lowest BCUT2D eigenvalue weighted by molar-refractivity contribution is -0.138. The third-order valence-electron chi connectivity index (χ3n) is 8.49. The number of amides is 4. The van der Waals surface area contributed by atoms with E-state index in [4.69, 9.17) is 4.74 Å². The largest absolute Gasteiger partial charge is 0.376 e.